The molecule has 0 unspecified atom stereocenters. The minimum Gasteiger partial charge on any atom is -0.333 e. The van der Waals surface area contributed by atoms with Gasteiger partial charge in [0.1, 0.15) is 6.04 Å². The van der Waals surface area contributed by atoms with E-state index in [4.69, 9.17) is 11.6 Å². The Hall–Kier alpha value is -1.84. The normalized spacial score (nSPS) is 12.2. The summed E-state index contributed by atoms with van der Waals surface area (Å²) in [6.07, 6.45) is 0. The standard InChI is InChI=1S/C20H25ClN2O/c1-13(2)18-10-5-7-14(3)20(18)23-19(24)12-22-15(4)16-8-6-9-17(21)11-16/h5-11,13,15,22H,12H2,1-4H3,(H,23,24)/p+1/t15-/m1/s1. The predicted octanol–water partition coefficient (Wildman–Crippen LogP) is 4.03. The Labute approximate surface area is 149 Å². The third kappa shape index (κ3) is 4.83. The number of aryl methyl sites for hydroxylation is 1. The minimum atomic E-state index is 0.0140. The number of quaternary nitrogens is 1. The fourth-order valence-corrected chi connectivity index (χ4v) is 2.94. The van der Waals surface area contributed by atoms with Crippen LogP contribution in [0.4, 0.5) is 5.69 Å². The van der Waals surface area contributed by atoms with E-state index in [0.29, 0.717) is 12.5 Å². The summed E-state index contributed by atoms with van der Waals surface area (Å²) in [4.78, 5) is 12.4. The number of nitrogens with two attached hydrogens (primary N) is 1. The molecule has 0 aromatic heterocycles. The first kappa shape index (κ1) is 18.5. The van der Waals surface area contributed by atoms with Crippen LogP contribution in [0.3, 0.4) is 0 Å². The SMILES string of the molecule is Cc1cccc(C(C)C)c1NC(=O)C[NH2+][C@H](C)c1cccc(Cl)c1. The first-order chi connectivity index (χ1) is 11.4. The molecule has 0 saturated carbocycles. The largest absolute Gasteiger partial charge is 0.333 e. The van der Waals surface area contributed by atoms with Gasteiger partial charge < -0.3 is 10.6 Å². The van der Waals surface area contributed by atoms with Crippen molar-refractivity contribution in [2.75, 3.05) is 11.9 Å². The maximum absolute atomic E-state index is 12.4. The van der Waals surface area contributed by atoms with Gasteiger partial charge in [-0.1, -0.05) is 55.8 Å². The number of halogens is 1. The molecule has 0 aliphatic heterocycles. The van der Waals surface area contributed by atoms with Gasteiger partial charge in [0.15, 0.2) is 6.54 Å². The number of nitrogens with one attached hydrogen (secondary N) is 1. The second kappa shape index (κ2) is 8.32. The number of rotatable bonds is 6. The number of benzene rings is 2. The molecule has 1 atom stereocenters. The van der Waals surface area contributed by atoms with Crippen LogP contribution < -0.4 is 10.6 Å². The molecule has 0 spiro atoms. The number of carbonyl (C=O) groups excluding carboxylic acids is 1. The van der Waals surface area contributed by atoms with Gasteiger partial charge >= 0.3 is 0 Å². The van der Waals surface area contributed by atoms with Crippen LogP contribution in [0.5, 0.6) is 0 Å². The van der Waals surface area contributed by atoms with E-state index in [1.54, 1.807) is 0 Å². The third-order valence-corrected chi connectivity index (χ3v) is 4.46. The van der Waals surface area contributed by atoms with Crippen LogP contribution in [0.15, 0.2) is 42.5 Å². The highest BCUT2D eigenvalue weighted by atomic mass is 35.5. The molecular weight excluding hydrogens is 320 g/mol. The summed E-state index contributed by atoms with van der Waals surface area (Å²) in [5.74, 6) is 0.384. The summed E-state index contributed by atoms with van der Waals surface area (Å²) >= 11 is 6.03. The minimum absolute atomic E-state index is 0.0140. The lowest BCUT2D eigenvalue weighted by atomic mass is 9.98. The molecule has 1 amide bonds. The van der Waals surface area contributed by atoms with Gasteiger partial charge in [0.2, 0.25) is 0 Å². The zero-order valence-corrected chi connectivity index (χ0v) is 15.5. The van der Waals surface area contributed by atoms with Gasteiger partial charge in [-0.15, -0.1) is 0 Å². The van der Waals surface area contributed by atoms with Crippen molar-refractivity contribution >= 4 is 23.2 Å². The second-order valence-corrected chi connectivity index (χ2v) is 6.96. The van der Waals surface area contributed by atoms with Crippen LogP contribution >= 0.6 is 11.6 Å². The zero-order valence-electron chi connectivity index (χ0n) is 14.8. The number of anilines is 1. The Morgan fingerprint density at radius 1 is 1.17 bits per heavy atom. The smallest absolute Gasteiger partial charge is 0.279 e. The average molecular weight is 346 g/mol. The third-order valence-electron chi connectivity index (χ3n) is 4.22. The Morgan fingerprint density at radius 3 is 2.54 bits per heavy atom. The van der Waals surface area contributed by atoms with Crippen molar-refractivity contribution in [3.8, 4) is 0 Å². The van der Waals surface area contributed by atoms with E-state index < -0.39 is 0 Å². The van der Waals surface area contributed by atoms with Gasteiger partial charge in [0, 0.05) is 16.3 Å². The molecule has 2 rings (SSSR count). The highest BCUT2D eigenvalue weighted by Gasteiger charge is 2.15. The van der Waals surface area contributed by atoms with Crippen LogP contribution in [0.25, 0.3) is 0 Å². The van der Waals surface area contributed by atoms with E-state index >= 15 is 0 Å². The lowest BCUT2D eigenvalue weighted by Gasteiger charge is -2.17. The summed E-state index contributed by atoms with van der Waals surface area (Å²) in [5, 5.41) is 5.83. The molecule has 0 radical (unpaired) electrons. The summed E-state index contributed by atoms with van der Waals surface area (Å²) < 4.78 is 0. The lowest BCUT2D eigenvalue weighted by molar-refractivity contribution is -0.682. The van der Waals surface area contributed by atoms with Gasteiger partial charge in [-0.2, -0.15) is 0 Å². The molecule has 0 aliphatic rings. The number of hydrogen-bond donors (Lipinski definition) is 2. The Bertz CT molecular complexity index is 713. The van der Waals surface area contributed by atoms with Crippen LogP contribution in [0.1, 0.15) is 49.4 Å². The second-order valence-electron chi connectivity index (χ2n) is 6.53. The Balaban J connectivity index is 1.99. The van der Waals surface area contributed by atoms with Gasteiger partial charge in [-0.3, -0.25) is 4.79 Å². The fraction of sp³-hybridized carbons (Fsp3) is 0.350. The zero-order chi connectivity index (χ0) is 17.7. The summed E-state index contributed by atoms with van der Waals surface area (Å²) in [6, 6.07) is 14.1. The van der Waals surface area contributed by atoms with Crippen molar-refractivity contribution in [3.05, 3.63) is 64.2 Å². The molecule has 3 nitrogen and oxygen atoms in total. The highest BCUT2D eigenvalue weighted by molar-refractivity contribution is 6.30. The van der Waals surface area contributed by atoms with Gasteiger partial charge in [0.25, 0.3) is 5.91 Å². The molecule has 4 heteroatoms. The number of amides is 1. The van der Waals surface area contributed by atoms with E-state index in [0.717, 1.165) is 21.8 Å². The van der Waals surface area contributed by atoms with E-state index in [1.807, 2.05) is 48.6 Å². The van der Waals surface area contributed by atoms with Crippen molar-refractivity contribution in [1.82, 2.24) is 0 Å². The fourth-order valence-electron chi connectivity index (χ4n) is 2.74. The topological polar surface area (TPSA) is 45.7 Å². The molecule has 0 fully saturated rings. The monoisotopic (exact) mass is 345 g/mol. The maximum Gasteiger partial charge on any atom is 0.279 e. The molecule has 2 aromatic rings. The number of carbonyl (C=O) groups is 1. The van der Waals surface area contributed by atoms with E-state index in [1.165, 1.54) is 5.56 Å². The van der Waals surface area contributed by atoms with E-state index in [9.17, 15) is 4.79 Å². The van der Waals surface area contributed by atoms with Gasteiger partial charge in [-0.25, -0.2) is 0 Å². The van der Waals surface area contributed by atoms with Crippen LogP contribution in [0, 0.1) is 6.92 Å². The summed E-state index contributed by atoms with van der Waals surface area (Å²) in [5.41, 5.74) is 4.33. The van der Waals surface area contributed by atoms with Crippen LogP contribution in [-0.4, -0.2) is 12.5 Å². The first-order valence-electron chi connectivity index (χ1n) is 8.36. The molecular formula is C20H26ClN2O+. The van der Waals surface area contributed by atoms with E-state index in [-0.39, 0.29) is 11.9 Å². The van der Waals surface area contributed by atoms with Gasteiger partial charge in [0.05, 0.1) is 0 Å². The van der Waals surface area contributed by atoms with Crippen LogP contribution in [-0.2, 0) is 4.79 Å². The molecule has 0 saturated heterocycles. The van der Waals surface area contributed by atoms with Crippen molar-refractivity contribution in [2.24, 2.45) is 0 Å². The molecule has 0 bridgehead atoms. The quantitative estimate of drug-likeness (QED) is 0.815. The van der Waals surface area contributed by atoms with E-state index in [2.05, 4.69) is 32.2 Å². The predicted molar refractivity (Wildman–Crippen MR) is 101 cm³/mol. The number of hydrogen-bond acceptors (Lipinski definition) is 1. The lowest BCUT2D eigenvalue weighted by Crippen LogP contribution is -2.86. The molecule has 2 aromatic carbocycles. The molecule has 24 heavy (non-hydrogen) atoms. The molecule has 0 heterocycles. The first-order valence-corrected chi connectivity index (χ1v) is 8.74. The van der Waals surface area contributed by atoms with Gasteiger partial charge in [-0.05, 0) is 43.0 Å². The summed E-state index contributed by atoms with van der Waals surface area (Å²) in [6.45, 7) is 8.75. The van der Waals surface area contributed by atoms with Crippen molar-refractivity contribution in [1.29, 1.82) is 0 Å². The Kier molecular flexibility index (Phi) is 6.41. The van der Waals surface area contributed by atoms with Crippen molar-refractivity contribution < 1.29 is 10.1 Å². The molecule has 3 N–H and O–H groups in total. The summed E-state index contributed by atoms with van der Waals surface area (Å²) in [7, 11) is 0. The van der Waals surface area contributed by atoms with Crippen molar-refractivity contribution in [2.45, 2.75) is 39.7 Å². The highest BCUT2D eigenvalue weighted by Crippen LogP contribution is 2.27. The molecule has 0 aliphatic carbocycles. The molecule has 128 valence electrons. The maximum atomic E-state index is 12.4. The Morgan fingerprint density at radius 2 is 1.88 bits per heavy atom. The number of para-hydroxylation sites is 1. The average Bonchev–Trinajstić information content (AvgIpc) is 2.54. The van der Waals surface area contributed by atoms with Crippen molar-refractivity contribution in [3.63, 3.8) is 0 Å². The van der Waals surface area contributed by atoms with Crippen LogP contribution in [0.2, 0.25) is 5.02 Å².